The van der Waals surface area contributed by atoms with Gasteiger partial charge in [-0.15, -0.1) is 0 Å². The molecule has 4 unspecified atom stereocenters. The minimum absolute atomic E-state index is 0.159. The Labute approximate surface area is 113 Å². The molecule has 4 atom stereocenters. The molecule has 108 valence electrons. The van der Waals surface area contributed by atoms with Gasteiger partial charge in [-0.3, -0.25) is 0 Å². The average Bonchev–Trinajstić information content (AvgIpc) is 2.37. The van der Waals surface area contributed by atoms with E-state index in [0.717, 1.165) is 18.4 Å². The Morgan fingerprint density at radius 1 is 1.44 bits per heavy atom. The van der Waals surface area contributed by atoms with Gasteiger partial charge >= 0.3 is 0 Å². The average molecular weight is 256 g/mol. The highest BCUT2D eigenvalue weighted by Gasteiger charge is 2.30. The summed E-state index contributed by atoms with van der Waals surface area (Å²) in [5, 5.41) is 12.7. The smallest absolute Gasteiger partial charge is 0.0611 e. The zero-order valence-corrected chi connectivity index (χ0v) is 12.9. The van der Waals surface area contributed by atoms with E-state index in [1.807, 2.05) is 7.05 Å². The monoisotopic (exact) mass is 256 g/mol. The maximum absolute atomic E-state index is 9.49. The maximum Gasteiger partial charge on any atom is 0.0611 e. The summed E-state index contributed by atoms with van der Waals surface area (Å²) in [5.41, 5.74) is -0.159. The molecule has 1 aliphatic rings. The lowest BCUT2D eigenvalue weighted by Crippen LogP contribution is -2.50. The molecule has 1 saturated carbocycles. The summed E-state index contributed by atoms with van der Waals surface area (Å²) in [6.07, 6.45) is 6.41. The highest BCUT2D eigenvalue weighted by atomic mass is 16.3. The first-order chi connectivity index (χ1) is 8.41. The molecule has 0 aliphatic heterocycles. The first kappa shape index (κ1) is 15.9. The number of aliphatic hydroxyl groups is 1. The molecular weight excluding hydrogens is 224 g/mol. The van der Waals surface area contributed by atoms with Crippen LogP contribution in [0.5, 0.6) is 0 Å². The summed E-state index contributed by atoms with van der Waals surface area (Å²) in [6.45, 7) is 6.95. The summed E-state index contributed by atoms with van der Waals surface area (Å²) < 4.78 is 0. The van der Waals surface area contributed by atoms with Gasteiger partial charge in [-0.1, -0.05) is 19.8 Å². The second kappa shape index (κ2) is 6.88. The lowest BCUT2D eigenvalue weighted by atomic mass is 9.85. The number of hydrogen-bond acceptors (Lipinski definition) is 3. The van der Waals surface area contributed by atoms with Crippen LogP contribution in [0.3, 0.4) is 0 Å². The molecule has 1 aliphatic carbocycles. The van der Waals surface area contributed by atoms with Gasteiger partial charge in [0.1, 0.15) is 0 Å². The molecule has 3 heteroatoms. The molecule has 18 heavy (non-hydrogen) atoms. The molecule has 1 rings (SSSR count). The third kappa shape index (κ3) is 4.22. The van der Waals surface area contributed by atoms with E-state index < -0.39 is 0 Å². The van der Waals surface area contributed by atoms with Crippen molar-refractivity contribution in [3.05, 3.63) is 0 Å². The number of likely N-dealkylation sites (N-methyl/N-ethyl adjacent to an activating group) is 1. The Hall–Kier alpha value is -0.120. The molecule has 0 aromatic heterocycles. The van der Waals surface area contributed by atoms with Crippen molar-refractivity contribution in [2.45, 2.75) is 70.5 Å². The van der Waals surface area contributed by atoms with Crippen molar-refractivity contribution in [1.29, 1.82) is 0 Å². The number of nitrogens with zero attached hydrogens (tertiary/aromatic N) is 1. The number of nitrogens with one attached hydrogen (secondary N) is 1. The van der Waals surface area contributed by atoms with Crippen LogP contribution in [0.4, 0.5) is 0 Å². The van der Waals surface area contributed by atoms with Crippen LogP contribution < -0.4 is 5.32 Å². The van der Waals surface area contributed by atoms with E-state index in [9.17, 15) is 5.11 Å². The standard InChI is InChI=1S/C15H32N2O/c1-12-7-6-8-14(9-12)17(5)13(2)10-15(3,11-18)16-4/h12-14,16,18H,6-11H2,1-5H3. The molecule has 0 saturated heterocycles. The van der Waals surface area contributed by atoms with Crippen LogP contribution in [0.2, 0.25) is 0 Å². The van der Waals surface area contributed by atoms with Gasteiger partial charge in [0.05, 0.1) is 6.61 Å². The zero-order valence-electron chi connectivity index (χ0n) is 12.9. The molecular formula is C15H32N2O. The van der Waals surface area contributed by atoms with E-state index in [0.29, 0.717) is 6.04 Å². The lowest BCUT2D eigenvalue weighted by Gasteiger charge is -2.40. The Balaban J connectivity index is 2.52. The molecule has 0 spiro atoms. The van der Waals surface area contributed by atoms with E-state index in [-0.39, 0.29) is 12.1 Å². The predicted molar refractivity (Wildman–Crippen MR) is 77.8 cm³/mol. The van der Waals surface area contributed by atoms with Gasteiger partial charge in [-0.05, 0) is 53.1 Å². The van der Waals surface area contributed by atoms with E-state index in [2.05, 4.69) is 38.0 Å². The van der Waals surface area contributed by atoms with Crippen molar-refractivity contribution in [3.8, 4) is 0 Å². The normalized spacial score (nSPS) is 30.2. The number of aliphatic hydroxyl groups excluding tert-OH is 1. The van der Waals surface area contributed by atoms with Gasteiger partial charge < -0.3 is 15.3 Å². The van der Waals surface area contributed by atoms with Crippen molar-refractivity contribution in [3.63, 3.8) is 0 Å². The van der Waals surface area contributed by atoms with Crippen molar-refractivity contribution in [1.82, 2.24) is 10.2 Å². The molecule has 3 nitrogen and oxygen atoms in total. The Morgan fingerprint density at radius 3 is 2.61 bits per heavy atom. The van der Waals surface area contributed by atoms with Crippen molar-refractivity contribution >= 4 is 0 Å². The van der Waals surface area contributed by atoms with Crippen LogP contribution in [-0.2, 0) is 0 Å². The van der Waals surface area contributed by atoms with Crippen LogP contribution in [0.1, 0.15) is 52.9 Å². The minimum atomic E-state index is -0.159. The van der Waals surface area contributed by atoms with E-state index in [1.165, 1.54) is 25.7 Å². The van der Waals surface area contributed by atoms with E-state index in [4.69, 9.17) is 0 Å². The van der Waals surface area contributed by atoms with Gasteiger partial charge in [0.2, 0.25) is 0 Å². The molecule has 0 heterocycles. The zero-order chi connectivity index (χ0) is 13.8. The molecule has 0 amide bonds. The molecule has 2 N–H and O–H groups in total. The fraction of sp³-hybridized carbons (Fsp3) is 1.00. The largest absolute Gasteiger partial charge is 0.394 e. The van der Waals surface area contributed by atoms with Crippen LogP contribution in [-0.4, -0.2) is 48.3 Å². The third-order valence-corrected chi connectivity index (χ3v) is 4.88. The fourth-order valence-electron chi connectivity index (χ4n) is 3.17. The maximum atomic E-state index is 9.49. The quantitative estimate of drug-likeness (QED) is 0.765. The fourth-order valence-corrected chi connectivity index (χ4v) is 3.17. The molecule has 0 aromatic carbocycles. The van der Waals surface area contributed by atoms with E-state index >= 15 is 0 Å². The minimum Gasteiger partial charge on any atom is -0.394 e. The topological polar surface area (TPSA) is 35.5 Å². The van der Waals surface area contributed by atoms with Gasteiger partial charge in [0, 0.05) is 17.6 Å². The summed E-state index contributed by atoms with van der Waals surface area (Å²) in [7, 11) is 4.19. The third-order valence-electron chi connectivity index (χ3n) is 4.88. The first-order valence-corrected chi connectivity index (χ1v) is 7.43. The van der Waals surface area contributed by atoms with Crippen molar-refractivity contribution in [2.24, 2.45) is 5.92 Å². The van der Waals surface area contributed by atoms with Crippen LogP contribution >= 0.6 is 0 Å². The highest BCUT2D eigenvalue weighted by molar-refractivity contribution is 4.88. The molecule has 0 radical (unpaired) electrons. The van der Waals surface area contributed by atoms with Gasteiger partial charge in [-0.2, -0.15) is 0 Å². The van der Waals surface area contributed by atoms with Crippen LogP contribution in [0.15, 0.2) is 0 Å². The number of hydrogen-bond donors (Lipinski definition) is 2. The second-order valence-electron chi connectivity index (χ2n) is 6.61. The molecule has 1 fully saturated rings. The Morgan fingerprint density at radius 2 is 2.11 bits per heavy atom. The van der Waals surface area contributed by atoms with Gasteiger partial charge in [-0.25, -0.2) is 0 Å². The summed E-state index contributed by atoms with van der Waals surface area (Å²) >= 11 is 0. The van der Waals surface area contributed by atoms with Crippen LogP contribution in [0.25, 0.3) is 0 Å². The van der Waals surface area contributed by atoms with Crippen molar-refractivity contribution < 1.29 is 5.11 Å². The Bertz CT molecular complexity index is 241. The molecule has 0 aromatic rings. The summed E-state index contributed by atoms with van der Waals surface area (Å²) in [5.74, 6) is 0.868. The second-order valence-corrected chi connectivity index (χ2v) is 6.61. The highest BCUT2D eigenvalue weighted by Crippen LogP contribution is 2.29. The van der Waals surface area contributed by atoms with Gasteiger partial charge in [0.15, 0.2) is 0 Å². The van der Waals surface area contributed by atoms with Crippen molar-refractivity contribution in [2.75, 3.05) is 20.7 Å². The first-order valence-electron chi connectivity index (χ1n) is 7.43. The SMILES string of the molecule is CNC(C)(CO)CC(C)N(C)C1CCCC(C)C1. The number of rotatable bonds is 6. The predicted octanol–water partition coefficient (Wildman–Crippen LogP) is 2.25. The summed E-state index contributed by atoms with van der Waals surface area (Å²) in [4.78, 5) is 2.53. The van der Waals surface area contributed by atoms with Crippen LogP contribution in [0, 0.1) is 5.92 Å². The Kier molecular flexibility index (Phi) is 6.09. The lowest BCUT2D eigenvalue weighted by molar-refractivity contribution is 0.0860. The molecule has 0 bridgehead atoms. The summed E-state index contributed by atoms with van der Waals surface area (Å²) in [6, 6.07) is 1.23. The van der Waals surface area contributed by atoms with Gasteiger partial charge in [0.25, 0.3) is 0 Å². The van der Waals surface area contributed by atoms with E-state index in [1.54, 1.807) is 0 Å².